The normalized spacial score (nSPS) is 10.4. The maximum absolute atomic E-state index is 11.1. The molecule has 0 unspecified atom stereocenters. The molecule has 0 spiro atoms. The Morgan fingerprint density at radius 1 is 1.43 bits per heavy atom. The molecule has 70 valence electrons. The highest BCUT2D eigenvalue weighted by Gasteiger charge is 2.08. The van der Waals surface area contributed by atoms with E-state index in [4.69, 9.17) is 17.3 Å². The summed E-state index contributed by atoms with van der Waals surface area (Å²) < 4.78 is 0. The lowest BCUT2D eigenvalue weighted by Gasteiger charge is -2.02. The highest BCUT2D eigenvalue weighted by molar-refractivity contribution is 6.32. The first-order chi connectivity index (χ1) is 6.68. The van der Waals surface area contributed by atoms with Gasteiger partial charge in [-0.15, -0.1) is 0 Å². The summed E-state index contributed by atoms with van der Waals surface area (Å²) in [6.07, 6.45) is 1.61. The van der Waals surface area contributed by atoms with Crippen LogP contribution >= 0.6 is 11.6 Å². The molecule has 1 amide bonds. The van der Waals surface area contributed by atoms with E-state index in [0.29, 0.717) is 16.1 Å². The molecule has 0 fully saturated rings. The van der Waals surface area contributed by atoms with E-state index in [2.05, 4.69) is 4.98 Å². The Balaban J connectivity index is 2.87. The number of amides is 1. The fraction of sp³-hybridized carbons (Fsp3) is 0. The topological polar surface area (TPSA) is 56.0 Å². The van der Waals surface area contributed by atoms with Crippen LogP contribution in [0, 0.1) is 0 Å². The Labute approximate surface area is 85.5 Å². The Bertz CT molecular complexity index is 510. The molecule has 0 bridgehead atoms. The fourth-order valence-corrected chi connectivity index (χ4v) is 1.57. The number of carbonyl (C=O) groups is 1. The molecule has 2 rings (SSSR count). The van der Waals surface area contributed by atoms with Crippen molar-refractivity contribution in [3.63, 3.8) is 0 Å². The van der Waals surface area contributed by atoms with Crippen molar-refractivity contribution in [1.29, 1.82) is 0 Å². The van der Waals surface area contributed by atoms with E-state index >= 15 is 0 Å². The first-order valence-electron chi connectivity index (χ1n) is 4.02. The average molecular weight is 207 g/mol. The average Bonchev–Trinajstić information content (AvgIpc) is 2.16. The molecule has 1 heterocycles. The van der Waals surface area contributed by atoms with Crippen LogP contribution in [-0.2, 0) is 0 Å². The third kappa shape index (κ3) is 1.42. The molecule has 14 heavy (non-hydrogen) atoms. The summed E-state index contributed by atoms with van der Waals surface area (Å²) >= 11 is 5.83. The van der Waals surface area contributed by atoms with Crippen molar-refractivity contribution in [3.05, 3.63) is 41.0 Å². The van der Waals surface area contributed by atoms with Gasteiger partial charge < -0.3 is 5.73 Å². The van der Waals surface area contributed by atoms with E-state index in [1.807, 2.05) is 6.07 Å². The lowest BCUT2D eigenvalue weighted by Crippen LogP contribution is -2.11. The molecule has 1 aromatic carbocycles. The number of fused-ring (bicyclic) bond motifs is 1. The van der Waals surface area contributed by atoms with Crippen LogP contribution in [0.4, 0.5) is 0 Å². The summed E-state index contributed by atoms with van der Waals surface area (Å²) in [5.41, 5.74) is 6.15. The number of carbonyl (C=O) groups excluding carboxylic acids is 1. The van der Waals surface area contributed by atoms with Crippen LogP contribution in [0.5, 0.6) is 0 Å². The lowest BCUT2D eigenvalue weighted by molar-refractivity contribution is 0.100. The number of hydrogen-bond donors (Lipinski definition) is 1. The number of benzene rings is 1. The van der Waals surface area contributed by atoms with E-state index in [1.165, 1.54) is 6.07 Å². The van der Waals surface area contributed by atoms with Gasteiger partial charge in [0.05, 0.1) is 11.1 Å². The van der Waals surface area contributed by atoms with Gasteiger partial charge >= 0.3 is 0 Å². The van der Waals surface area contributed by atoms with Gasteiger partial charge in [-0.2, -0.15) is 0 Å². The van der Waals surface area contributed by atoms with Crippen LogP contribution in [0.25, 0.3) is 10.9 Å². The van der Waals surface area contributed by atoms with Crippen molar-refractivity contribution in [2.24, 2.45) is 5.73 Å². The minimum Gasteiger partial charge on any atom is -0.366 e. The maximum atomic E-state index is 11.1. The van der Waals surface area contributed by atoms with Gasteiger partial charge in [0.2, 0.25) is 0 Å². The predicted octanol–water partition coefficient (Wildman–Crippen LogP) is 1.99. The second-order valence-corrected chi connectivity index (χ2v) is 3.33. The highest BCUT2D eigenvalue weighted by atomic mass is 35.5. The van der Waals surface area contributed by atoms with E-state index in [9.17, 15) is 4.79 Å². The van der Waals surface area contributed by atoms with Crippen LogP contribution in [0.3, 0.4) is 0 Å². The predicted molar refractivity (Wildman–Crippen MR) is 55.3 cm³/mol. The third-order valence-corrected chi connectivity index (χ3v) is 2.15. The number of aromatic nitrogens is 1. The molecule has 0 radical (unpaired) electrons. The van der Waals surface area contributed by atoms with Crippen LogP contribution < -0.4 is 5.73 Å². The summed E-state index contributed by atoms with van der Waals surface area (Å²) in [6, 6.07) is 6.89. The minimum atomic E-state index is -0.517. The molecule has 0 saturated carbocycles. The standard InChI is InChI=1S/C10H7ClN2O/c11-7-4-6-2-1-3-13-9(6)8(5-7)10(12)14/h1-5H,(H2,12,14). The SMILES string of the molecule is NC(=O)c1cc(Cl)cc2cccnc12. The number of halogens is 1. The van der Waals surface area contributed by atoms with Crippen molar-refractivity contribution in [3.8, 4) is 0 Å². The Morgan fingerprint density at radius 3 is 2.93 bits per heavy atom. The van der Waals surface area contributed by atoms with Gasteiger partial charge in [-0.05, 0) is 18.2 Å². The van der Waals surface area contributed by atoms with Crippen LogP contribution in [0.2, 0.25) is 5.02 Å². The number of primary amides is 1. The third-order valence-electron chi connectivity index (χ3n) is 1.94. The first-order valence-corrected chi connectivity index (χ1v) is 4.40. The molecule has 3 nitrogen and oxygen atoms in total. The summed E-state index contributed by atoms with van der Waals surface area (Å²) in [5, 5.41) is 1.30. The quantitative estimate of drug-likeness (QED) is 0.776. The van der Waals surface area contributed by atoms with E-state index in [-0.39, 0.29) is 0 Å². The lowest BCUT2D eigenvalue weighted by atomic mass is 10.1. The number of hydrogen-bond acceptors (Lipinski definition) is 2. The highest BCUT2D eigenvalue weighted by Crippen LogP contribution is 2.21. The Morgan fingerprint density at radius 2 is 2.21 bits per heavy atom. The van der Waals surface area contributed by atoms with Gasteiger partial charge in [0.25, 0.3) is 5.91 Å². The summed E-state index contributed by atoms with van der Waals surface area (Å²) in [5.74, 6) is -0.517. The summed E-state index contributed by atoms with van der Waals surface area (Å²) in [4.78, 5) is 15.2. The molecular formula is C10H7ClN2O. The first kappa shape index (κ1) is 8.97. The second kappa shape index (κ2) is 3.27. The van der Waals surface area contributed by atoms with Crippen LogP contribution in [-0.4, -0.2) is 10.9 Å². The van der Waals surface area contributed by atoms with Crippen molar-refractivity contribution in [1.82, 2.24) is 4.98 Å². The molecule has 1 aromatic heterocycles. The second-order valence-electron chi connectivity index (χ2n) is 2.89. The molecule has 0 saturated heterocycles. The van der Waals surface area contributed by atoms with Crippen molar-refractivity contribution in [2.45, 2.75) is 0 Å². The monoisotopic (exact) mass is 206 g/mol. The van der Waals surface area contributed by atoms with Crippen molar-refractivity contribution < 1.29 is 4.79 Å². The zero-order valence-corrected chi connectivity index (χ0v) is 7.95. The Hall–Kier alpha value is -1.61. The van der Waals surface area contributed by atoms with E-state index < -0.39 is 5.91 Å². The molecule has 2 aromatic rings. The van der Waals surface area contributed by atoms with Gasteiger partial charge in [0.15, 0.2) is 0 Å². The van der Waals surface area contributed by atoms with Crippen molar-refractivity contribution >= 4 is 28.4 Å². The number of pyridine rings is 1. The summed E-state index contributed by atoms with van der Waals surface area (Å²) in [6.45, 7) is 0. The van der Waals surface area contributed by atoms with E-state index in [0.717, 1.165) is 5.39 Å². The van der Waals surface area contributed by atoms with Gasteiger partial charge in [-0.3, -0.25) is 9.78 Å². The molecule has 0 aliphatic heterocycles. The molecule has 0 atom stereocenters. The Kier molecular flexibility index (Phi) is 2.09. The van der Waals surface area contributed by atoms with Gasteiger partial charge in [-0.25, -0.2) is 0 Å². The van der Waals surface area contributed by atoms with Gasteiger partial charge in [-0.1, -0.05) is 17.7 Å². The van der Waals surface area contributed by atoms with Gasteiger partial charge in [0, 0.05) is 16.6 Å². The fourth-order valence-electron chi connectivity index (χ4n) is 1.34. The van der Waals surface area contributed by atoms with Crippen LogP contribution in [0.15, 0.2) is 30.5 Å². The summed E-state index contributed by atoms with van der Waals surface area (Å²) in [7, 11) is 0. The molecular weight excluding hydrogens is 200 g/mol. The minimum absolute atomic E-state index is 0.355. The van der Waals surface area contributed by atoms with Gasteiger partial charge in [0.1, 0.15) is 0 Å². The van der Waals surface area contributed by atoms with Crippen LogP contribution in [0.1, 0.15) is 10.4 Å². The molecule has 0 aliphatic rings. The zero-order chi connectivity index (χ0) is 10.1. The van der Waals surface area contributed by atoms with Crippen molar-refractivity contribution in [2.75, 3.05) is 0 Å². The zero-order valence-electron chi connectivity index (χ0n) is 7.20. The largest absolute Gasteiger partial charge is 0.366 e. The number of nitrogens with two attached hydrogens (primary N) is 1. The van der Waals surface area contributed by atoms with E-state index in [1.54, 1.807) is 18.3 Å². The smallest absolute Gasteiger partial charge is 0.250 e. The molecule has 4 heteroatoms. The molecule has 2 N–H and O–H groups in total. The molecule has 0 aliphatic carbocycles. The maximum Gasteiger partial charge on any atom is 0.250 e. The number of nitrogens with zero attached hydrogens (tertiary/aromatic N) is 1. The number of rotatable bonds is 1.